The summed E-state index contributed by atoms with van der Waals surface area (Å²) >= 11 is 0. The minimum absolute atomic E-state index is 0.0828. The number of halogens is 3. The first-order chi connectivity index (χ1) is 10.3. The number of benzene rings is 1. The summed E-state index contributed by atoms with van der Waals surface area (Å²) in [5, 5.41) is 15.6. The third kappa shape index (κ3) is 3.59. The van der Waals surface area contributed by atoms with Crippen LogP contribution in [0.3, 0.4) is 0 Å². The van der Waals surface area contributed by atoms with Gasteiger partial charge in [0.05, 0.1) is 4.92 Å². The normalized spacial score (nSPS) is 11.1. The molecule has 22 heavy (non-hydrogen) atoms. The van der Waals surface area contributed by atoms with E-state index in [0.29, 0.717) is 5.69 Å². The molecule has 0 atom stereocenters. The molecule has 0 spiro atoms. The van der Waals surface area contributed by atoms with Crippen molar-refractivity contribution in [2.24, 2.45) is 0 Å². The third-order valence-corrected chi connectivity index (χ3v) is 2.59. The topological polar surface area (TPSA) is 93.0 Å². The zero-order chi connectivity index (χ0) is 16.3. The molecule has 10 heteroatoms. The second-order valence-electron chi connectivity index (χ2n) is 4.14. The van der Waals surface area contributed by atoms with Gasteiger partial charge in [-0.1, -0.05) is 0 Å². The number of non-ortho nitro benzene ring substituents is 1. The Hall–Kier alpha value is -2.91. The van der Waals surface area contributed by atoms with Gasteiger partial charge in [-0.15, -0.1) is 0 Å². The lowest BCUT2D eigenvalue weighted by Gasteiger charge is -2.11. The number of hydrogen-bond acceptors (Lipinski definition) is 6. The highest BCUT2D eigenvalue weighted by Crippen LogP contribution is 2.30. The molecule has 0 bridgehead atoms. The van der Waals surface area contributed by atoms with E-state index in [4.69, 9.17) is 0 Å². The second kappa shape index (κ2) is 5.84. The van der Waals surface area contributed by atoms with Gasteiger partial charge in [-0.3, -0.25) is 10.1 Å². The van der Waals surface area contributed by atoms with E-state index < -0.39 is 16.8 Å². The molecule has 0 radical (unpaired) electrons. The van der Waals surface area contributed by atoms with Crippen LogP contribution in [0.2, 0.25) is 0 Å². The number of nitrogens with one attached hydrogen (secondary N) is 2. The molecule has 0 saturated heterocycles. The maximum Gasteiger partial charge on any atom is 0.433 e. The van der Waals surface area contributed by atoms with E-state index in [0.717, 1.165) is 6.07 Å². The highest BCUT2D eigenvalue weighted by atomic mass is 19.4. The molecule has 0 aliphatic heterocycles. The van der Waals surface area contributed by atoms with Crippen LogP contribution in [0.5, 0.6) is 0 Å². The Morgan fingerprint density at radius 1 is 1.18 bits per heavy atom. The molecule has 0 aliphatic carbocycles. The van der Waals surface area contributed by atoms with Crippen LogP contribution in [0.25, 0.3) is 0 Å². The zero-order valence-corrected chi connectivity index (χ0v) is 11.2. The molecular weight excluding hydrogens is 303 g/mol. The summed E-state index contributed by atoms with van der Waals surface area (Å²) < 4.78 is 38.2. The van der Waals surface area contributed by atoms with Crippen molar-refractivity contribution in [2.75, 3.05) is 17.7 Å². The molecule has 0 unspecified atom stereocenters. The summed E-state index contributed by atoms with van der Waals surface area (Å²) in [4.78, 5) is 17.1. The van der Waals surface area contributed by atoms with Crippen molar-refractivity contribution in [3.8, 4) is 0 Å². The SMILES string of the molecule is CNc1nc(Nc2ccc([N+](=O)[O-])cc2)cc(C(F)(F)F)n1. The highest BCUT2D eigenvalue weighted by Gasteiger charge is 2.33. The molecule has 2 rings (SSSR count). The Morgan fingerprint density at radius 3 is 2.32 bits per heavy atom. The van der Waals surface area contributed by atoms with Gasteiger partial charge in [-0.2, -0.15) is 18.2 Å². The Morgan fingerprint density at radius 2 is 1.82 bits per heavy atom. The number of hydrogen-bond donors (Lipinski definition) is 2. The van der Waals surface area contributed by atoms with Gasteiger partial charge < -0.3 is 10.6 Å². The van der Waals surface area contributed by atoms with E-state index in [1.54, 1.807) is 0 Å². The molecule has 1 aromatic heterocycles. The largest absolute Gasteiger partial charge is 0.433 e. The lowest BCUT2D eigenvalue weighted by Crippen LogP contribution is -2.12. The molecule has 0 aliphatic rings. The van der Waals surface area contributed by atoms with E-state index in [-0.39, 0.29) is 17.5 Å². The fourth-order valence-electron chi connectivity index (χ4n) is 1.58. The Labute approximate surface area is 122 Å². The number of aromatic nitrogens is 2. The Bertz CT molecular complexity index is 688. The summed E-state index contributed by atoms with van der Waals surface area (Å²) in [5.74, 6) is -0.278. The van der Waals surface area contributed by atoms with Crippen LogP contribution in [0.4, 0.5) is 36.3 Å². The molecule has 0 fully saturated rings. The standard InChI is InChI=1S/C12H10F3N5O2/c1-16-11-18-9(12(13,14)15)6-10(19-11)17-7-2-4-8(5-3-7)20(21)22/h2-6H,1H3,(H2,16,17,18,19). The van der Waals surface area contributed by atoms with Crippen molar-refractivity contribution in [2.45, 2.75) is 6.18 Å². The average Bonchev–Trinajstić information content (AvgIpc) is 2.46. The van der Waals surface area contributed by atoms with E-state index in [1.165, 1.54) is 31.3 Å². The van der Waals surface area contributed by atoms with E-state index >= 15 is 0 Å². The Kier molecular flexibility index (Phi) is 4.11. The third-order valence-electron chi connectivity index (χ3n) is 2.59. The van der Waals surface area contributed by atoms with Crippen molar-refractivity contribution in [1.29, 1.82) is 0 Å². The molecule has 1 aromatic carbocycles. The fraction of sp³-hybridized carbons (Fsp3) is 0.167. The van der Waals surface area contributed by atoms with Crippen molar-refractivity contribution in [3.05, 3.63) is 46.1 Å². The van der Waals surface area contributed by atoms with Crippen LogP contribution >= 0.6 is 0 Å². The fourth-order valence-corrected chi connectivity index (χ4v) is 1.58. The first-order valence-electron chi connectivity index (χ1n) is 5.95. The monoisotopic (exact) mass is 313 g/mol. The van der Waals surface area contributed by atoms with Gasteiger partial charge in [0.15, 0.2) is 5.69 Å². The first kappa shape index (κ1) is 15.5. The number of nitro groups is 1. The lowest BCUT2D eigenvalue weighted by atomic mass is 10.3. The molecule has 1 heterocycles. The van der Waals surface area contributed by atoms with Crippen LogP contribution in [-0.4, -0.2) is 21.9 Å². The van der Waals surface area contributed by atoms with Crippen LogP contribution in [-0.2, 0) is 6.18 Å². The predicted octanol–water partition coefficient (Wildman–Crippen LogP) is 3.19. The smallest absolute Gasteiger partial charge is 0.357 e. The molecule has 2 N–H and O–H groups in total. The van der Waals surface area contributed by atoms with E-state index in [2.05, 4.69) is 20.6 Å². The predicted molar refractivity (Wildman–Crippen MR) is 73.0 cm³/mol. The minimum Gasteiger partial charge on any atom is -0.357 e. The van der Waals surface area contributed by atoms with Gasteiger partial charge in [0.1, 0.15) is 5.82 Å². The quantitative estimate of drug-likeness (QED) is 0.665. The average molecular weight is 313 g/mol. The summed E-state index contributed by atoms with van der Waals surface area (Å²) in [6.07, 6.45) is -4.61. The van der Waals surface area contributed by atoms with Gasteiger partial charge in [0.25, 0.3) is 5.69 Å². The van der Waals surface area contributed by atoms with Crippen molar-refractivity contribution in [3.63, 3.8) is 0 Å². The van der Waals surface area contributed by atoms with Gasteiger partial charge >= 0.3 is 6.18 Å². The first-order valence-corrected chi connectivity index (χ1v) is 5.95. The number of nitrogens with zero attached hydrogens (tertiary/aromatic N) is 3. The number of anilines is 3. The summed E-state index contributed by atoms with van der Waals surface area (Å²) in [5.41, 5.74) is -0.865. The number of rotatable bonds is 4. The van der Waals surface area contributed by atoms with Crippen LogP contribution in [0.15, 0.2) is 30.3 Å². The van der Waals surface area contributed by atoms with Crippen molar-refractivity contribution >= 4 is 23.1 Å². The maximum absolute atomic E-state index is 12.7. The molecule has 0 saturated carbocycles. The van der Waals surface area contributed by atoms with Crippen LogP contribution in [0, 0.1) is 10.1 Å². The molecule has 116 valence electrons. The minimum atomic E-state index is -4.61. The van der Waals surface area contributed by atoms with E-state index in [1.807, 2.05) is 0 Å². The summed E-state index contributed by atoms with van der Waals surface area (Å²) in [7, 11) is 1.39. The molecule has 0 amide bonds. The van der Waals surface area contributed by atoms with Crippen LogP contribution < -0.4 is 10.6 Å². The summed E-state index contributed by atoms with van der Waals surface area (Å²) in [6, 6.07) is 5.95. The van der Waals surface area contributed by atoms with Gasteiger partial charge in [0, 0.05) is 30.9 Å². The summed E-state index contributed by atoms with van der Waals surface area (Å²) in [6.45, 7) is 0. The zero-order valence-electron chi connectivity index (χ0n) is 11.2. The van der Waals surface area contributed by atoms with Gasteiger partial charge in [-0.05, 0) is 12.1 Å². The van der Waals surface area contributed by atoms with E-state index in [9.17, 15) is 23.3 Å². The van der Waals surface area contributed by atoms with Crippen molar-refractivity contribution in [1.82, 2.24) is 9.97 Å². The van der Waals surface area contributed by atoms with Crippen molar-refractivity contribution < 1.29 is 18.1 Å². The number of alkyl halides is 3. The van der Waals surface area contributed by atoms with Gasteiger partial charge in [-0.25, -0.2) is 4.98 Å². The molecule has 7 nitrogen and oxygen atoms in total. The molecule has 2 aromatic rings. The van der Waals surface area contributed by atoms with Gasteiger partial charge in [0.2, 0.25) is 5.95 Å². The Balaban J connectivity index is 2.30. The van der Waals surface area contributed by atoms with Crippen LogP contribution in [0.1, 0.15) is 5.69 Å². The lowest BCUT2D eigenvalue weighted by molar-refractivity contribution is -0.384. The molecular formula is C12H10F3N5O2. The highest BCUT2D eigenvalue weighted by molar-refractivity contribution is 5.59. The second-order valence-corrected chi connectivity index (χ2v) is 4.14. The number of nitro benzene ring substituents is 1. The maximum atomic E-state index is 12.7.